The number of para-hydroxylation sites is 1. The lowest BCUT2D eigenvalue weighted by molar-refractivity contribution is 1.18. The highest BCUT2D eigenvalue weighted by atomic mass is 15.0. The molecule has 0 spiro atoms. The summed E-state index contributed by atoms with van der Waals surface area (Å²) < 4.78 is 2.43. The maximum atomic E-state index is 2.43. The smallest absolute Gasteiger partial charge is 0.0547 e. The van der Waals surface area contributed by atoms with Crippen molar-refractivity contribution >= 4 is 43.4 Å². The molecule has 0 saturated carbocycles. The molecule has 1 aliphatic carbocycles. The van der Waals surface area contributed by atoms with E-state index in [9.17, 15) is 0 Å². The third-order valence-corrected chi connectivity index (χ3v) is 8.51. The summed E-state index contributed by atoms with van der Waals surface area (Å²) in [6.45, 7) is 0. The Morgan fingerprint density at radius 1 is 0.385 bits per heavy atom. The van der Waals surface area contributed by atoms with Crippen molar-refractivity contribution < 1.29 is 0 Å². The van der Waals surface area contributed by atoms with Crippen molar-refractivity contribution in [2.24, 2.45) is 0 Å². The maximum absolute atomic E-state index is 2.43. The standard InChI is InChI=1S/C38H23N/c1-2-8-27-23-28(16-15-24(27)7-1)25-17-19-29(20-18-25)39-34-14-4-3-11-32(34)38-35(39)22-21-31-30-12-5-9-26-10-6-13-33(36(26)30)37(31)38/h1-23H. The maximum Gasteiger partial charge on any atom is 0.0547 e. The summed E-state index contributed by atoms with van der Waals surface area (Å²) in [4.78, 5) is 0. The van der Waals surface area contributed by atoms with Gasteiger partial charge in [-0.3, -0.25) is 0 Å². The molecule has 0 atom stereocenters. The Hall–Kier alpha value is -5.14. The van der Waals surface area contributed by atoms with Crippen LogP contribution in [0.3, 0.4) is 0 Å². The van der Waals surface area contributed by atoms with E-state index >= 15 is 0 Å². The van der Waals surface area contributed by atoms with Crippen molar-refractivity contribution in [3.05, 3.63) is 140 Å². The molecule has 0 amide bonds. The van der Waals surface area contributed by atoms with E-state index in [1.807, 2.05) is 0 Å². The molecule has 1 heteroatoms. The molecule has 1 aromatic heterocycles. The zero-order chi connectivity index (χ0) is 25.5. The second-order valence-corrected chi connectivity index (χ2v) is 10.6. The first-order chi connectivity index (χ1) is 19.3. The van der Waals surface area contributed by atoms with E-state index in [1.54, 1.807) is 0 Å². The van der Waals surface area contributed by atoms with Gasteiger partial charge in [0.15, 0.2) is 0 Å². The Morgan fingerprint density at radius 3 is 1.97 bits per heavy atom. The molecule has 0 unspecified atom stereocenters. The van der Waals surface area contributed by atoms with Crippen LogP contribution in [0, 0.1) is 0 Å². The average molecular weight is 494 g/mol. The van der Waals surface area contributed by atoms with Crippen LogP contribution in [0.15, 0.2) is 140 Å². The monoisotopic (exact) mass is 493 g/mol. The Labute approximate surface area is 226 Å². The Balaban J connectivity index is 1.27. The second kappa shape index (κ2) is 7.69. The molecule has 0 aliphatic heterocycles. The Bertz CT molecular complexity index is 2260. The molecule has 39 heavy (non-hydrogen) atoms. The van der Waals surface area contributed by atoms with Crippen molar-refractivity contribution in [1.29, 1.82) is 0 Å². The highest BCUT2D eigenvalue weighted by molar-refractivity contribution is 6.26. The first-order valence-corrected chi connectivity index (χ1v) is 13.5. The Morgan fingerprint density at radius 2 is 1.10 bits per heavy atom. The van der Waals surface area contributed by atoms with Gasteiger partial charge in [-0.15, -0.1) is 0 Å². The molecular formula is C38H23N. The lowest BCUT2D eigenvalue weighted by Crippen LogP contribution is -1.94. The summed E-state index contributed by atoms with van der Waals surface area (Å²) in [5.41, 5.74) is 11.5. The number of nitrogens with zero attached hydrogens (tertiary/aromatic N) is 1. The fourth-order valence-electron chi connectivity index (χ4n) is 6.79. The first-order valence-electron chi connectivity index (χ1n) is 13.5. The molecule has 9 rings (SSSR count). The molecule has 180 valence electrons. The van der Waals surface area contributed by atoms with Crippen LogP contribution in [0.25, 0.3) is 82.4 Å². The summed E-state index contributed by atoms with van der Waals surface area (Å²) in [6.07, 6.45) is 0. The molecule has 0 fully saturated rings. The fourth-order valence-corrected chi connectivity index (χ4v) is 6.79. The number of aromatic nitrogens is 1. The van der Waals surface area contributed by atoms with Crippen LogP contribution in [-0.2, 0) is 0 Å². The van der Waals surface area contributed by atoms with Crippen molar-refractivity contribution in [2.75, 3.05) is 0 Å². The lowest BCUT2D eigenvalue weighted by Gasteiger charge is -2.11. The number of rotatable bonds is 2. The van der Waals surface area contributed by atoms with Gasteiger partial charge in [-0.25, -0.2) is 0 Å². The molecule has 0 saturated heterocycles. The van der Waals surface area contributed by atoms with Gasteiger partial charge in [0.25, 0.3) is 0 Å². The van der Waals surface area contributed by atoms with Gasteiger partial charge in [0, 0.05) is 22.0 Å². The summed E-state index contributed by atoms with van der Waals surface area (Å²) in [7, 11) is 0. The van der Waals surface area contributed by atoms with Crippen molar-refractivity contribution in [1.82, 2.24) is 4.57 Å². The van der Waals surface area contributed by atoms with E-state index < -0.39 is 0 Å². The predicted octanol–water partition coefficient (Wildman–Crippen LogP) is 10.4. The largest absolute Gasteiger partial charge is 0.309 e. The topological polar surface area (TPSA) is 4.93 Å². The summed E-state index contributed by atoms with van der Waals surface area (Å²) >= 11 is 0. The van der Waals surface area contributed by atoms with E-state index in [1.165, 1.54) is 82.4 Å². The summed E-state index contributed by atoms with van der Waals surface area (Å²) in [5, 5.41) is 7.86. The quantitative estimate of drug-likeness (QED) is 0.226. The SMILES string of the molecule is c1ccc2cc(-c3ccc(-n4c5ccccc5c5c6c(ccc54)-c4cccc5cccc-6c45)cc3)ccc2c1. The highest BCUT2D eigenvalue weighted by Crippen LogP contribution is 2.52. The zero-order valence-electron chi connectivity index (χ0n) is 21.2. The van der Waals surface area contributed by atoms with Gasteiger partial charge in [-0.1, -0.05) is 109 Å². The van der Waals surface area contributed by atoms with Crippen LogP contribution in [0.2, 0.25) is 0 Å². The van der Waals surface area contributed by atoms with Gasteiger partial charge in [0.2, 0.25) is 0 Å². The lowest BCUT2D eigenvalue weighted by atomic mass is 9.98. The van der Waals surface area contributed by atoms with Crippen molar-refractivity contribution in [3.63, 3.8) is 0 Å². The molecule has 7 aromatic carbocycles. The molecule has 1 aliphatic rings. The van der Waals surface area contributed by atoms with Crippen molar-refractivity contribution in [2.45, 2.75) is 0 Å². The van der Waals surface area contributed by atoms with E-state index in [4.69, 9.17) is 0 Å². The summed E-state index contributed by atoms with van der Waals surface area (Å²) in [5.74, 6) is 0. The third-order valence-electron chi connectivity index (χ3n) is 8.51. The van der Waals surface area contributed by atoms with Gasteiger partial charge in [-0.2, -0.15) is 0 Å². The third kappa shape index (κ3) is 2.85. The predicted molar refractivity (Wildman–Crippen MR) is 166 cm³/mol. The van der Waals surface area contributed by atoms with Crippen LogP contribution in [0.1, 0.15) is 0 Å². The van der Waals surface area contributed by atoms with E-state index in [0.29, 0.717) is 0 Å². The fraction of sp³-hybridized carbons (Fsp3) is 0. The van der Waals surface area contributed by atoms with Gasteiger partial charge in [0.05, 0.1) is 11.0 Å². The second-order valence-electron chi connectivity index (χ2n) is 10.6. The zero-order valence-corrected chi connectivity index (χ0v) is 21.2. The van der Waals surface area contributed by atoms with Crippen molar-refractivity contribution in [3.8, 4) is 39.1 Å². The van der Waals surface area contributed by atoms with Gasteiger partial charge in [0.1, 0.15) is 0 Å². The minimum Gasteiger partial charge on any atom is -0.309 e. The normalized spacial score (nSPS) is 12.1. The average Bonchev–Trinajstić information content (AvgIpc) is 3.51. The van der Waals surface area contributed by atoms with Crippen LogP contribution in [0.5, 0.6) is 0 Å². The Kier molecular flexibility index (Phi) is 4.11. The molecule has 0 radical (unpaired) electrons. The molecular weight excluding hydrogens is 470 g/mol. The van der Waals surface area contributed by atoms with Crippen LogP contribution in [0.4, 0.5) is 0 Å². The molecule has 0 bridgehead atoms. The minimum absolute atomic E-state index is 1.18. The molecule has 8 aromatic rings. The highest BCUT2D eigenvalue weighted by Gasteiger charge is 2.26. The van der Waals surface area contributed by atoms with E-state index in [-0.39, 0.29) is 0 Å². The number of fused-ring (bicyclic) bond motifs is 8. The van der Waals surface area contributed by atoms with Gasteiger partial charge >= 0.3 is 0 Å². The number of benzene rings is 7. The van der Waals surface area contributed by atoms with Crippen LogP contribution in [-0.4, -0.2) is 4.57 Å². The van der Waals surface area contributed by atoms with Gasteiger partial charge in [-0.05, 0) is 79.7 Å². The number of hydrogen-bond acceptors (Lipinski definition) is 0. The molecule has 1 nitrogen and oxygen atoms in total. The number of hydrogen-bond donors (Lipinski definition) is 0. The van der Waals surface area contributed by atoms with Gasteiger partial charge < -0.3 is 4.57 Å². The van der Waals surface area contributed by atoms with Crippen LogP contribution < -0.4 is 0 Å². The molecule has 0 N–H and O–H groups in total. The van der Waals surface area contributed by atoms with E-state index in [0.717, 1.165) is 0 Å². The van der Waals surface area contributed by atoms with Crippen LogP contribution >= 0.6 is 0 Å². The summed E-state index contributed by atoms with van der Waals surface area (Å²) in [6, 6.07) is 51.2. The first kappa shape index (κ1) is 20.9. The molecule has 1 heterocycles. The van der Waals surface area contributed by atoms with E-state index in [2.05, 4.69) is 144 Å². The minimum atomic E-state index is 1.18.